The van der Waals surface area contributed by atoms with Crippen molar-refractivity contribution in [3.63, 3.8) is 0 Å². The van der Waals surface area contributed by atoms with Gasteiger partial charge in [-0.3, -0.25) is 4.99 Å². The van der Waals surface area contributed by atoms with Gasteiger partial charge in [-0.05, 0) is 26.0 Å². The van der Waals surface area contributed by atoms with Gasteiger partial charge in [-0.1, -0.05) is 28.9 Å². The van der Waals surface area contributed by atoms with Gasteiger partial charge in [0.2, 0.25) is 11.7 Å². The van der Waals surface area contributed by atoms with Crippen molar-refractivity contribution >= 4 is 52.9 Å². The molecule has 0 radical (unpaired) electrons. The molecule has 0 spiro atoms. The van der Waals surface area contributed by atoms with Crippen LogP contribution in [-0.2, 0) is 13.0 Å². The maximum absolute atomic E-state index is 6.00. The van der Waals surface area contributed by atoms with Crippen molar-refractivity contribution in [2.24, 2.45) is 4.99 Å². The van der Waals surface area contributed by atoms with E-state index < -0.39 is 0 Å². The number of rotatable bonds is 6. The van der Waals surface area contributed by atoms with Gasteiger partial charge in [0.25, 0.3) is 0 Å². The minimum atomic E-state index is 0. The summed E-state index contributed by atoms with van der Waals surface area (Å²) < 4.78 is 5.31. The Balaban J connectivity index is 0.00000280. The number of aliphatic imine (C=N–C) groups is 1. The molecule has 0 aliphatic carbocycles. The first kappa shape index (κ1) is 22.6. The van der Waals surface area contributed by atoms with Gasteiger partial charge in [0.15, 0.2) is 5.96 Å². The van der Waals surface area contributed by atoms with Crippen LogP contribution in [-0.4, -0.2) is 34.7 Å². The number of hydrogen-bond donors (Lipinski definition) is 2. The Morgan fingerprint density at radius 2 is 2.07 bits per heavy atom. The van der Waals surface area contributed by atoms with Crippen LogP contribution < -0.4 is 10.6 Å². The van der Waals surface area contributed by atoms with Crippen molar-refractivity contribution in [2.45, 2.75) is 26.8 Å². The van der Waals surface area contributed by atoms with Crippen LogP contribution in [0.1, 0.15) is 21.5 Å². The third-order valence-corrected chi connectivity index (χ3v) is 5.13. The monoisotopic (exact) mass is 532 g/mol. The van der Waals surface area contributed by atoms with Crippen molar-refractivity contribution in [1.82, 2.24) is 25.8 Å². The number of nitrogens with one attached hydrogen (secondary N) is 2. The molecule has 0 unspecified atom stereocenters. The van der Waals surface area contributed by atoms with Gasteiger partial charge in [-0.25, -0.2) is 4.98 Å². The highest BCUT2D eigenvalue weighted by molar-refractivity contribution is 14.0. The standard InChI is InChI=1S/C18H21ClN6OS.HI/c1-11-15(27-12(2)23-11)10-22-18(20-3)21-8-7-16-24-17(25-26-16)13-5-4-6-14(19)9-13;/h4-6,9H,7-8,10H2,1-3H3,(H2,20,21,22);1H. The van der Waals surface area contributed by atoms with Crippen LogP contribution in [0.4, 0.5) is 0 Å². The predicted octanol–water partition coefficient (Wildman–Crippen LogP) is 3.99. The highest BCUT2D eigenvalue weighted by Crippen LogP contribution is 2.20. The van der Waals surface area contributed by atoms with E-state index in [1.807, 2.05) is 38.1 Å². The number of thiazole rings is 1. The van der Waals surface area contributed by atoms with Gasteiger partial charge in [-0.15, -0.1) is 35.3 Å². The van der Waals surface area contributed by atoms with Crippen LogP contribution in [0.25, 0.3) is 11.4 Å². The molecule has 0 bridgehead atoms. The summed E-state index contributed by atoms with van der Waals surface area (Å²) in [5.41, 5.74) is 1.89. The summed E-state index contributed by atoms with van der Waals surface area (Å²) >= 11 is 7.69. The highest BCUT2D eigenvalue weighted by Gasteiger charge is 2.10. The Morgan fingerprint density at radius 1 is 1.25 bits per heavy atom. The van der Waals surface area contributed by atoms with E-state index in [0.29, 0.717) is 36.2 Å². The van der Waals surface area contributed by atoms with E-state index in [2.05, 4.69) is 30.8 Å². The molecule has 2 N–H and O–H groups in total. The Labute approximate surface area is 190 Å². The first-order chi connectivity index (χ1) is 13.0. The lowest BCUT2D eigenvalue weighted by molar-refractivity contribution is 0.378. The summed E-state index contributed by atoms with van der Waals surface area (Å²) in [6.45, 7) is 5.34. The van der Waals surface area contributed by atoms with Gasteiger partial charge in [-0.2, -0.15) is 4.98 Å². The molecular formula is C18H22ClIN6OS. The van der Waals surface area contributed by atoms with Gasteiger partial charge in [0, 0.05) is 35.5 Å². The molecule has 28 heavy (non-hydrogen) atoms. The van der Waals surface area contributed by atoms with E-state index in [9.17, 15) is 0 Å². The zero-order valence-electron chi connectivity index (χ0n) is 15.8. The molecule has 7 nitrogen and oxygen atoms in total. The summed E-state index contributed by atoms with van der Waals surface area (Å²) in [5.74, 6) is 1.81. The normalized spacial score (nSPS) is 11.2. The van der Waals surface area contributed by atoms with E-state index in [0.717, 1.165) is 22.2 Å². The van der Waals surface area contributed by atoms with Crippen LogP contribution in [0.3, 0.4) is 0 Å². The van der Waals surface area contributed by atoms with Gasteiger partial charge < -0.3 is 15.2 Å². The molecule has 0 amide bonds. The lowest BCUT2D eigenvalue weighted by Gasteiger charge is -2.10. The van der Waals surface area contributed by atoms with Gasteiger partial charge in [0.1, 0.15) is 0 Å². The average Bonchev–Trinajstić information content (AvgIpc) is 3.24. The molecule has 1 aromatic carbocycles. The molecule has 150 valence electrons. The van der Waals surface area contributed by atoms with Crippen LogP contribution in [0.15, 0.2) is 33.8 Å². The van der Waals surface area contributed by atoms with E-state index in [-0.39, 0.29) is 24.0 Å². The fourth-order valence-electron chi connectivity index (χ4n) is 2.51. The third kappa shape index (κ3) is 6.14. The first-order valence-electron chi connectivity index (χ1n) is 8.51. The zero-order valence-corrected chi connectivity index (χ0v) is 19.7. The van der Waals surface area contributed by atoms with E-state index in [4.69, 9.17) is 16.1 Å². The molecule has 0 atom stereocenters. The molecule has 0 aliphatic heterocycles. The minimum absolute atomic E-state index is 0. The summed E-state index contributed by atoms with van der Waals surface area (Å²) in [6, 6.07) is 7.37. The molecule has 0 saturated heterocycles. The molecule has 0 aliphatic rings. The number of guanidine groups is 1. The quantitative estimate of drug-likeness (QED) is 0.284. The second-order valence-electron chi connectivity index (χ2n) is 5.87. The van der Waals surface area contributed by atoms with Crippen LogP contribution in [0.2, 0.25) is 5.02 Å². The molecule has 0 saturated carbocycles. The summed E-state index contributed by atoms with van der Waals surface area (Å²) in [5, 5.41) is 12.3. The predicted molar refractivity (Wildman–Crippen MR) is 124 cm³/mol. The largest absolute Gasteiger partial charge is 0.356 e. The number of benzene rings is 1. The van der Waals surface area contributed by atoms with Crippen molar-refractivity contribution in [3.8, 4) is 11.4 Å². The number of hydrogen-bond acceptors (Lipinski definition) is 6. The molecule has 2 aromatic heterocycles. The van der Waals surface area contributed by atoms with Crippen LogP contribution >= 0.6 is 46.9 Å². The van der Waals surface area contributed by atoms with E-state index in [1.165, 1.54) is 4.88 Å². The van der Waals surface area contributed by atoms with Crippen molar-refractivity contribution in [1.29, 1.82) is 0 Å². The highest BCUT2D eigenvalue weighted by atomic mass is 127. The molecule has 3 aromatic rings. The number of halogens is 2. The molecule has 10 heteroatoms. The minimum Gasteiger partial charge on any atom is -0.356 e. The molecule has 0 fully saturated rings. The van der Waals surface area contributed by atoms with Crippen molar-refractivity contribution in [2.75, 3.05) is 13.6 Å². The lowest BCUT2D eigenvalue weighted by atomic mass is 10.2. The second-order valence-corrected chi connectivity index (χ2v) is 7.59. The first-order valence-corrected chi connectivity index (χ1v) is 9.70. The van der Waals surface area contributed by atoms with Crippen molar-refractivity contribution in [3.05, 3.63) is 50.8 Å². The van der Waals surface area contributed by atoms with E-state index in [1.54, 1.807) is 18.4 Å². The SMILES string of the molecule is CN=C(NCCc1nc(-c2cccc(Cl)c2)no1)NCc1sc(C)nc1C.I. The smallest absolute Gasteiger partial charge is 0.228 e. The Bertz CT molecular complexity index is 942. The molecular weight excluding hydrogens is 511 g/mol. The summed E-state index contributed by atoms with van der Waals surface area (Å²) in [4.78, 5) is 14.3. The third-order valence-electron chi connectivity index (χ3n) is 3.82. The summed E-state index contributed by atoms with van der Waals surface area (Å²) in [7, 11) is 1.74. The number of aromatic nitrogens is 3. The Hall–Kier alpha value is -1.72. The zero-order chi connectivity index (χ0) is 19.2. The fourth-order valence-corrected chi connectivity index (χ4v) is 3.58. The van der Waals surface area contributed by atoms with Crippen LogP contribution in [0.5, 0.6) is 0 Å². The van der Waals surface area contributed by atoms with Crippen molar-refractivity contribution < 1.29 is 4.52 Å². The average molecular weight is 533 g/mol. The maximum Gasteiger partial charge on any atom is 0.228 e. The lowest BCUT2D eigenvalue weighted by Crippen LogP contribution is -2.37. The molecule has 2 heterocycles. The summed E-state index contributed by atoms with van der Waals surface area (Å²) in [6.07, 6.45) is 0.590. The second kappa shape index (κ2) is 10.7. The fraction of sp³-hybridized carbons (Fsp3) is 0.333. The van der Waals surface area contributed by atoms with E-state index >= 15 is 0 Å². The van der Waals surface area contributed by atoms with Gasteiger partial charge in [0.05, 0.1) is 17.2 Å². The molecule has 3 rings (SSSR count). The topological polar surface area (TPSA) is 88.2 Å². The Morgan fingerprint density at radius 3 is 2.75 bits per heavy atom. The Kier molecular flexibility index (Phi) is 8.64. The number of nitrogens with zero attached hydrogens (tertiary/aromatic N) is 4. The number of aryl methyl sites for hydroxylation is 2. The van der Waals surface area contributed by atoms with Gasteiger partial charge >= 0.3 is 0 Å². The maximum atomic E-state index is 6.00. The van der Waals surface area contributed by atoms with Crippen LogP contribution in [0, 0.1) is 13.8 Å².